The molecule has 1 unspecified atom stereocenters. The van der Waals surface area contributed by atoms with E-state index in [9.17, 15) is 9.18 Å². The van der Waals surface area contributed by atoms with Crippen molar-refractivity contribution in [2.45, 2.75) is 21.7 Å². The Balaban J connectivity index is 2.06. The van der Waals surface area contributed by atoms with Gasteiger partial charge in [-0.3, -0.25) is 4.79 Å². The van der Waals surface area contributed by atoms with Crippen molar-refractivity contribution in [1.82, 2.24) is 0 Å². The molecule has 0 aliphatic carbocycles. The zero-order valence-corrected chi connectivity index (χ0v) is 15.4. The van der Waals surface area contributed by atoms with Gasteiger partial charge in [0.2, 0.25) is 0 Å². The zero-order valence-electron chi connectivity index (χ0n) is 13.7. The number of para-hydroxylation sites is 1. The number of carbonyl (C=O) groups is 1. The van der Waals surface area contributed by atoms with Gasteiger partial charge in [-0.05, 0) is 30.5 Å². The van der Waals surface area contributed by atoms with Crippen molar-refractivity contribution in [3.05, 3.63) is 54.8 Å². The number of alkyl halides is 1. The first-order valence-corrected chi connectivity index (χ1v) is 9.95. The molecule has 0 fully saturated rings. The van der Waals surface area contributed by atoms with Gasteiger partial charge in [-0.1, -0.05) is 30.0 Å². The highest BCUT2D eigenvalue weighted by Gasteiger charge is 2.24. The molecule has 0 aromatic heterocycles. The summed E-state index contributed by atoms with van der Waals surface area (Å²) in [7, 11) is 0. The number of benzene rings is 2. The summed E-state index contributed by atoms with van der Waals surface area (Å²) in [6, 6.07) is 13.9. The average Bonchev–Trinajstić information content (AvgIpc) is 2.79. The lowest BCUT2D eigenvalue weighted by atomic mass is 10.2. The Morgan fingerprint density at radius 1 is 1.32 bits per heavy atom. The predicted molar refractivity (Wildman–Crippen MR) is 103 cm³/mol. The van der Waals surface area contributed by atoms with Crippen molar-refractivity contribution in [3.63, 3.8) is 0 Å². The summed E-state index contributed by atoms with van der Waals surface area (Å²) in [6.07, 6.45) is 5.71. The van der Waals surface area contributed by atoms with E-state index in [2.05, 4.69) is 4.90 Å². The van der Waals surface area contributed by atoms with E-state index in [1.54, 1.807) is 11.8 Å². The number of allylic oxidation sites excluding steroid dienone is 1. The third-order valence-electron chi connectivity index (χ3n) is 3.79. The van der Waals surface area contributed by atoms with E-state index in [1.807, 2.05) is 48.7 Å². The van der Waals surface area contributed by atoms with Crippen molar-refractivity contribution in [1.29, 1.82) is 0 Å². The van der Waals surface area contributed by atoms with E-state index >= 15 is 0 Å². The minimum atomic E-state index is -0.967. The normalized spacial score (nSPS) is 17.2. The van der Waals surface area contributed by atoms with Crippen LogP contribution in [0.25, 0.3) is 0 Å². The fourth-order valence-corrected chi connectivity index (χ4v) is 4.16. The number of fused-ring (bicyclic) bond motifs is 1. The van der Waals surface area contributed by atoms with E-state index < -0.39 is 5.50 Å². The van der Waals surface area contributed by atoms with Gasteiger partial charge in [-0.2, -0.15) is 0 Å². The second-order valence-electron chi connectivity index (χ2n) is 5.36. The highest BCUT2D eigenvalue weighted by atomic mass is 32.2. The van der Waals surface area contributed by atoms with E-state index in [0.29, 0.717) is 25.0 Å². The van der Waals surface area contributed by atoms with Crippen LogP contribution >= 0.6 is 23.5 Å². The van der Waals surface area contributed by atoms with E-state index in [-0.39, 0.29) is 0 Å². The lowest BCUT2D eigenvalue weighted by Crippen LogP contribution is -2.18. The minimum Gasteiger partial charge on any atom is -0.464 e. The number of halogens is 1. The van der Waals surface area contributed by atoms with Crippen LogP contribution in [-0.4, -0.2) is 24.6 Å². The van der Waals surface area contributed by atoms with Gasteiger partial charge >= 0.3 is 0 Å². The van der Waals surface area contributed by atoms with Gasteiger partial charge in [0.25, 0.3) is 0 Å². The second kappa shape index (κ2) is 8.45. The molecule has 1 atom stereocenters. The molecule has 2 aromatic rings. The van der Waals surface area contributed by atoms with Crippen LogP contribution in [0.4, 0.5) is 15.8 Å². The van der Waals surface area contributed by atoms with Gasteiger partial charge in [-0.25, -0.2) is 4.39 Å². The fraction of sp³-hybridized carbons (Fsp3) is 0.211. The second-order valence-corrected chi connectivity index (χ2v) is 7.39. The third kappa shape index (κ3) is 4.19. The number of aldehydes is 1. The Kier molecular flexibility index (Phi) is 6.04. The molecule has 1 aliphatic heterocycles. The third-order valence-corrected chi connectivity index (χ3v) is 5.62. The van der Waals surface area contributed by atoms with Gasteiger partial charge in [0, 0.05) is 29.6 Å². The van der Waals surface area contributed by atoms with Crippen molar-refractivity contribution < 1.29 is 13.9 Å². The highest BCUT2D eigenvalue weighted by Crippen LogP contribution is 2.46. The van der Waals surface area contributed by atoms with Gasteiger partial charge in [0.15, 0.2) is 5.50 Å². The molecule has 1 heterocycles. The fourth-order valence-electron chi connectivity index (χ4n) is 2.66. The smallest absolute Gasteiger partial charge is 0.152 e. The summed E-state index contributed by atoms with van der Waals surface area (Å²) in [5.74, 6) is 0.624. The van der Waals surface area contributed by atoms with Crippen LogP contribution in [0.2, 0.25) is 0 Å². The molecule has 0 N–H and O–H groups in total. The minimum absolute atomic E-state index is 0.448. The molecule has 6 heteroatoms. The van der Waals surface area contributed by atoms with Gasteiger partial charge in [0.05, 0.1) is 16.8 Å². The maximum Gasteiger partial charge on any atom is 0.152 e. The summed E-state index contributed by atoms with van der Waals surface area (Å²) >= 11 is 2.77. The molecule has 0 saturated heterocycles. The van der Waals surface area contributed by atoms with Crippen molar-refractivity contribution in [2.75, 3.05) is 17.7 Å². The number of ether oxygens (including phenoxy) is 1. The average molecular weight is 375 g/mol. The lowest BCUT2D eigenvalue weighted by molar-refractivity contribution is -0.104. The van der Waals surface area contributed by atoms with Gasteiger partial charge in [0.1, 0.15) is 12.0 Å². The first-order chi connectivity index (χ1) is 12.2. The molecule has 130 valence electrons. The summed E-state index contributed by atoms with van der Waals surface area (Å²) in [4.78, 5) is 14.4. The molecule has 0 radical (unpaired) electrons. The summed E-state index contributed by atoms with van der Waals surface area (Å²) in [5, 5.41) is 0. The zero-order chi connectivity index (χ0) is 17.6. The first-order valence-electron chi connectivity index (χ1n) is 7.85. The molecule has 2 aromatic carbocycles. The summed E-state index contributed by atoms with van der Waals surface area (Å²) < 4.78 is 19.8. The molecule has 0 bridgehead atoms. The summed E-state index contributed by atoms with van der Waals surface area (Å²) in [5.41, 5.74) is 1.05. The van der Waals surface area contributed by atoms with Crippen LogP contribution < -0.4 is 9.64 Å². The number of hydrogen-bond acceptors (Lipinski definition) is 5. The SMILES string of the molecule is CSc1cc2c(cc1O/C=C/C=O)SC(F)CCN2c1ccccc1. The Bertz CT molecular complexity index is 768. The molecular weight excluding hydrogens is 357 g/mol. The molecule has 25 heavy (non-hydrogen) atoms. The highest BCUT2D eigenvalue weighted by molar-refractivity contribution is 8.00. The standard InChI is InChI=1S/C19H18FNO2S2/c1-24-18-12-15-17(13-16(18)23-11-5-10-22)25-19(20)8-9-21(15)14-6-3-2-4-7-14/h2-7,10-13,19H,8-9H2,1H3/b11-5+. The van der Waals surface area contributed by atoms with E-state index in [4.69, 9.17) is 4.74 Å². The lowest BCUT2D eigenvalue weighted by Gasteiger charge is -2.25. The Morgan fingerprint density at radius 3 is 2.84 bits per heavy atom. The van der Waals surface area contributed by atoms with Gasteiger partial charge < -0.3 is 9.64 Å². The number of carbonyl (C=O) groups excluding carboxylic acids is 1. The molecule has 0 saturated carbocycles. The van der Waals surface area contributed by atoms with Crippen LogP contribution in [0, 0.1) is 0 Å². The predicted octanol–water partition coefficient (Wildman–Crippen LogP) is 5.43. The van der Waals surface area contributed by atoms with Crippen LogP contribution in [0.1, 0.15) is 6.42 Å². The maximum atomic E-state index is 14.3. The Labute approximate surface area is 155 Å². The maximum absolute atomic E-state index is 14.3. The molecule has 3 nitrogen and oxygen atoms in total. The largest absolute Gasteiger partial charge is 0.464 e. The van der Waals surface area contributed by atoms with Crippen molar-refractivity contribution in [2.24, 2.45) is 0 Å². The van der Waals surface area contributed by atoms with Crippen molar-refractivity contribution >= 4 is 41.2 Å². The van der Waals surface area contributed by atoms with Crippen LogP contribution in [0.3, 0.4) is 0 Å². The number of hydrogen-bond donors (Lipinski definition) is 0. The Hall–Kier alpha value is -1.92. The van der Waals surface area contributed by atoms with Crippen molar-refractivity contribution in [3.8, 4) is 5.75 Å². The quantitative estimate of drug-likeness (QED) is 0.301. The number of nitrogens with zero attached hydrogens (tertiary/aromatic N) is 1. The molecular formula is C19H18FNO2S2. The van der Waals surface area contributed by atoms with E-state index in [0.717, 1.165) is 21.2 Å². The molecule has 0 spiro atoms. The van der Waals surface area contributed by atoms with E-state index in [1.165, 1.54) is 24.1 Å². The molecule has 1 aliphatic rings. The monoisotopic (exact) mass is 375 g/mol. The van der Waals surface area contributed by atoms with Gasteiger partial charge in [-0.15, -0.1) is 11.8 Å². The number of anilines is 2. The van der Waals surface area contributed by atoms with Crippen LogP contribution in [-0.2, 0) is 4.79 Å². The Morgan fingerprint density at radius 2 is 2.12 bits per heavy atom. The topological polar surface area (TPSA) is 29.5 Å². The molecule has 0 amide bonds. The first kappa shape index (κ1) is 17.9. The number of thioether (sulfide) groups is 2. The van der Waals surface area contributed by atoms with Crippen LogP contribution in [0.15, 0.2) is 64.6 Å². The summed E-state index contributed by atoms with van der Waals surface area (Å²) in [6.45, 7) is 0.615. The molecule has 3 rings (SSSR count). The number of rotatable bonds is 5. The van der Waals surface area contributed by atoms with Crippen LogP contribution in [0.5, 0.6) is 5.75 Å².